The van der Waals surface area contributed by atoms with Gasteiger partial charge in [-0.2, -0.15) is 0 Å². The maximum Gasteiger partial charge on any atom is 0.256 e. The Bertz CT molecular complexity index is 1220. The molecule has 0 unspecified atom stereocenters. The van der Waals surface area contributed by atoms with Crippen LogP contribution in [0.3, 0.4) is 0 Å². The number of nitrogens with one attached hydrogen (secondary N) is 1. The summed E-state index contributed by atoms with van der Waals surface area (Å²) in [7, 11) is 0. The van der Waals surface area contributed by atoms with Crippen LogP contribution in [0.15, 0.2) is 30.6 Å². The third kappa shape index (κ3) is 3.83. The molecule has 0 radical (unpaired) electrons. The van der Waals surface area contributed by atoms with Gasteiger partial charge in [0.1, 0.15) is 11.3 Å². The number of aromatic nitrogens is 6. The lowest BCUT2D eigenvalue weighted by molar-refractivity contribution is 0.127. The van der Waals surface area contributed by atoms with Crippen LogP contribution in [0.25, 0.3) is 27.9 Å². The Kier molecular flexibility index (Phi) is 5.01. The van der Waals surface area contributed by atoms with Crippen LogP contribution >= 0.6 is 0 Å². The van der Waals surface area contributed by atoms with Crippen LogP contribution < -0.4 is 11.1 Å². The van der Waals surface area contributed by atoms with E-state index in [-0.39, 0.29) is 0 Å². The predicted molar refractivity (Wildman–Crippen MR) is 114 cm³/mol. The third-order valence-electron chi connectivity index (χ3n) is 5.90. The Morgan fingerprint density at radius 2 is 1.97 bits per heavy atom. The van der Waals surface area contributed by atoms with Gasteiger partial charge in [-0.05, 0) is 50.8 Å². The first kappa shape index (κ1) is 19.8. The minimum Gasteiger partial charge on any atom is -0.350 e. The maximum absolute atomic E-state index is 13.0. The molecule has 4 heterocycles. The van der Waals surface area contributed by atoms with E-state index in [4.69, 9.17) is 5.73 Å². The van der Waals surface area contributed by atoms with Crippen molar-refractivity contribution in [3.05, 3.63) is 36.4 Å². The Labute approximate surface area is 177 Å². The van der Waals surface area contributed by atoms with Crippen LogP contribution in [0.2, 0.25) is 0 Å². The summed E-state index contributed by atoms with van der Waals surface area (Å²) >= 11 is 0. The highest BCUT2D eigenvalue weighted by Gasteiger charge is 2.20. The van der Waals surface area contributed by atoms with E-state index >= 15 is 0 Å². The zero-order valence-electron chi connectivity index (χ0n) is 17.2. The number of hydrogen-bond acceptors (Lipinski definition) is 6. The number of halogens is 2. The highest BCUT2D eigenvalue weighted by atomic mass is 19.3. The third-order valence-corrected chi connectivity index (χ3v) is 5.90. The lowest BCUT2D eigenvalue weighted by Gasteiger charge is -2.26. The van der Waals surface area contributed by atoms with E-state index in [2.05, 4.69) is 25.4 Å². The number of fused-ring (bicyclic) bond motifs is 2. The molecule has 162 valence electrons. The van der Waals surface area contributed by atoms with Gasteiger partial charge in [0.15, 0.2) is 5.65 Å². The maximum atomic E-state index is 13.0. The summed E-state index contributed by atoms with van der Waals surface area (Å²) in [4.78, 5) is 13.5. The van der Waals surface area contributed by atoms with E-state index in [0.29, 0.717) is 40.7 Å². The number of hydrogen-bond donors (Lipinski definition) is 2. The number of anilines is 1. The second kappa shape index (κ2) is 7.84. The molecule has 1 fully saturated rings. The van der Waals surface area contributed by atoms with Gasteiger partial charge in [0.25, 0.3) is 6.43 Å². The van der Waals surface area contributed by atoms with Gasteiger partial charge in [-0.3, -0.25) is 0 Å². The Hall–Kier alpha value is -3.14. The quantitative estimate of drug-likeness (QED) is 0.508. The van der Waals surface area contributed by atoms with Crippen LogP contribution in [-0.2, 0) is 6.54 Å². The first-order valence-electron chi connectivity index (χ1n) is 10.5. The van der Waals surface area contributed by atoms with Crippen LogP contribution in [-0.4, -0.2) is 47.6 Å². The number of imidazole rings is 1. The first-order chi connectivity index (χ1) is 15.0. The van der Waals surface area contributed by atoms with Gasteiger partial charge in [-0.1, -0.05) is 0 Å². The first-order valence-corrected chi connectivity index (χ1v) is 10.5. The van der Waals surface area contributed by atoms with Crippen molar-refractivity contribution in [3.8, 4) is 11.3 Å². The van der Waals surface area contributed by atoms with Crippen molar-refractivity contribution in [2.75, 3.05) is 5.32 Å². The van der Waals surface area contributed by atoms with E-state index in [1.165, 1.54) is 4.57 Å². The van der Waals surface area contributed by atoms with Gasteiger partial charge in [-0.15, -0.1) is 5.10 Å². The van der Waals surface area contributed by atoms with Gasteiger partial charge in [-0.25, -0.2) is 28.2 Å². The fourth-order valence-electron chi connectivity index (χ4n) is 4.25. The predicted octanol–water partition coefficient (Wildman–Crippen LogP) is 3.40. The Balaban J connectivity index is 1.45. The number of nitrogens with zero attached hydrogens (tertiary/aromatic N) is 6. The molecule has 8 nitrogen and oxygen atoms in total. The van der Waals surface area contributed by atoms with Gasteiger partial charge in [0.05, 0.1) is 24.0 Å². The van der Waals surface area contributed by atoms with Gasteiger partial charge < -0.3 is 15.6 Å². The minimum atomic E-state index is -2.48. The molecule has 31 heavy (non-hydrogen) atoms. The number of alkyl halides is 2. The van der Waals surface area contributed by atoms with Gasteiger partial charge in [0.2, 0.25) is 5.95 Å². The number of nitrogens with two attached hydrogens (primary N) is 1. The molecule has 10 heteroatoms. The van der Waals surface area contributed by atoms with E-state index in [0.717, 1.165) is 36.8 Å². The number of pyridine rings is 1. The average Bonchev–Trinajstić information content (AvgIpc) is 3.30. The normalized spacial score (nSPS) is 19.5. The lowest BCUT2D eigenvalue weighted by Crippen LogP contribution is -2.33. The highest BCUT2D eigenvalue weighted by molar-refractivity contribution is 5.82. The Morgan fingerprint density at radius 1 is 1.16 bits per heavy atom. The van der Waals surface area contributed by atoms with E-state index in [1.807, 2.05) is 18.3 Å². The molecule has 4 aromatic rings. The van der Waals surface area contributed by atoms with Crippen molar-refractivity contribution in [1.29, 1.82) is 0 Å². The molecule has 1 aliphatic rings. The van der Waals surface area contributed by atoms with Crippen molar-refractivity contribution in [2.24, 2.45) is 5.73 Å². The van der Waals surface area contributed by atoms with Gasteiger partial charge in [0, 0.05) is 23.8 Å². The van der Waals surface area contributed by atoms with Crippen LogP contribution in [0.1, 0.15) is 31.5 Å². The summed E-state index contributed by atoms with van der Waals surface area (Å²) < 4.78 is 29.2. The molecular weight excluding hydrogens is 402 g/mol. The van der Waals surface area contributed by atoms with E-state index in [1.54, 1.807) is 23.7 Å². The van der Waals surface area contributed by atoms with Crippen molar-refractivity contribution < 1.29 is 8.78 Å². The average molecular weight is 426 g/mol. The molecule has 1 aliphatic carbocycles. The smallest absolute Gasteiger partial charge is 0.256 e. The zero-order chi connectivity index (χ0) is 21.5. The Morgan fingerprint density at radius 3 is 2.74 bits per heavy atom. The van der Waals surface area contributed by atoms with Crippen LogP contribution in [0.5, 0.6) is 0 Å². The fraction of sp³-hybridized carbons (Fsp3) is 0.429. The topological polar surface area (TPSA) is 98.9 Å². The lowest BCUT2D eigenvalue weighted by atomic mass is 9.92. The molecule has 0 saturated heterocycles. The molecular formula is C21H24F2N8. The summed E-state index contributed by atoms with van der Waals surface area (Å²) in [5.41, 5.74) is 9.31. The summed E-state index contributed by atoms with van der Waals surface area (Å²) in [5.74, 6) is 1.09. The second-order valence-electron chi connectivity index (χ2n) is 8.10. The molecule has 5 rings (SSSR count). The van der Waals surface area contributed by atoms with Crippen molar-refractivity contribution in [1.82, 2.24) is 29.1 Å². The fourth-order valence-corrected chi connectivity index (χ4v) is 4.25. The van der Waals surface area contributed by atoms with Crippen LogP contribution in [0, 0.1) is 6.92 Å². The highest BCUT2D eigenvalue weighted by Crippen LogP contribution is 2.27. The molecule has 0 atom stereocenters. The molecule has 3 N–H and O–H groups in total. The molecule has 4 aromatic heterocycles. The molecule has 0 aromatic carbocycles. The number of rotatable bonds is 5. The summed E-state index contributed by atoms with van der Waals surface area (Å²) in [6.07, 6.45) is 5.15. The van der Waals surface area contributed by atoms with E-state index in [9.17, 15) is 8.78 Å². The standard InChI is InChI=1S/C21H24F2N8/c1-12-26-17-7-6-16(28-20(17)30(12)11-19(22)23)15-8-9-31-18(15)10-25-21(29-31)27-14-4-2-13(24)3-5-14/h6-10,13-14,19H,2-5,11,24H2,1H3,(H,27,29)/t13-,14-. The van der Waals surface area contributed by atoms with Crippen LogP contribution in [0.4, 0.5) is 14.7 Å². The summed E-state index contributed by atoms with van der Waals surface area (Å²) in [6.45, 7) is 1.28. The molecule has 0 bridgehead atoms. The van der Waals surface area contributed by atoms with Crippen molar-refractivity contribution in [2.45, 2.75) is 57.7 Å². The van der Waals surface area contributed by atoms with Crippen molar-refractivity contribution in [3.63, 3.8) is 0 Å². The van der Waals surface area contributed by atoms with Crippen molar-refractivity contribution >= 4 is 22.6 Å². The zero-order valence-corrected chi connectivity index (χ0v) is 17.2. The summed E-state index contributed by atoms with van der Waals surface area (Å²) in [6, 6.07) is 6.17. The largest absolute Gasteiger partial charge is 0.350 e. The minimum absolute atomic E-state index is 0.291. The second-order valence-corrected chi connectivity index (χ2v) is 8.10. The molecule has 1 saturated carbocycles. The summed E-state index contributed by atoms with van der Waals surface area (Å²) in [5, 5.41) is 7.97. The van der Waals surface area contributed by atoms with Gasteiger partial charge >= 0.3 is 0 Å². The molecule has 0 spiro atoms. The monoisotopic (exact) mass is 426 g/mol. The molecule has 0 aliphatic heterocycles. The van der Waals surface area contributed by atoms with E-state index < -0.39 is 13.0 Å². The number of aryl methyl sites for hydroxylation is 1. The SMILES string of the molecule is Cc1nc2ccc(-c3ccn4nc(N[C@H]5CC[C@H](N)CC5)ncc34)nc2n1CC(F)F. The molecule has 0 amide bonds.